The second-order valence-corrected chi connectivity index (χ2v) is 6.19. The topological polar surface area (TPSA) is 84.9 Å². The van der Waals surface area contributed by atoms with Crippen LogP contribution in [0.5, 0.6) is 0 Å². The van der Waals surface area contributed by atoms with Gasteiger partial charge in [-0.05, 0) is 43.5 Å². The number of esters is 1. The lowest BCUT2D eigenvalue weighted by atomic mass is 10.1. The van der Waals surface area contributed by atoms with Gasteiger partial charge < -0.3 is 19.7 Å². The zero-order valence-corrected chi connectivity index (χ0v) is 15.2. The van der Waals surface area contributed by atoms with Crippen molar-refractivity contribution in [3.63, 3.8) is 0 Å². The van der Waals surface area contributed by atoms with Crippen LogP contribution in [-0.4, -0.2) is 56.1 Å². The van der Waals surface area contributed by atoms with E-state index in [1.165, 1.54) is 13.5 Å². The van der Waals surface area contributed by atoms with Crippen LogP contribution in [0.2, 0.25) is 0 Å². The summed E-state index contributed by atoms with van der Waals surface area (Å²) >= 11 is 0. The number of carbonyl (C=O) groups excluding carboxylic acids is 3. The van der Waals surface area contributed by atoms with Crippen LogP contribution in [0.25, 0.3) is 0 Å². The highest BCUT2D eigenvalue weighted by Gasteiger charge is 2.18. The van der Waals surface area contributed by atoms with Gasteiger partial charge in [0, 0.05) is 37.9 Å². The first-order valence-corrected chi connectivity index (χ1v) is 8.94. The Morgan fingerprint density at radius 1 is 1.00 bits per heavy atom. The zero-order chi connectivity index (χ0) is 18.8. The molecule has 1 aliphatic heterocycles. The average molecular weight is 362 g/mol. The highest BCUT2D eigenvalue weighted by molar-refractivity contribution is 5.96. The number of rotatable bonds is 8. The van der Waals surface area contributed by atoms with Gasteiger partial charge in [-0.3, -0.25) is 14.4 Å². The molecule has 0 unspecified atom stereocenters. The molecule has 0 radical (unpaired) electrons. The van der Waals surface area contributed by atoms with Crippen molar-refractivity contribution in [3.05, 3.63) is 29.8 Å². The van der Waals surface area contributed by atoms with Gasteiger partial charge in [0.2, 0.25) is 5.91 Å². The summed E-state index contributed by atoms with van der Waals surface area (Å²) in [6.07, 6.45) is 3.33. The van der Waals surface area contributed by atoms with Crippen LogP contribution in [0.1, 0.15) is 42.5 Å². The summed E-state index contributed by atoms with van der Waals surface area (Å²) in [4.78, 5) is 37.6. The summed E-state index contributed by atoms with van der Waals surface area (Å²) < 4.78 is 9.68. The Morgan fingerprint density at radius 2 is 1.69 bits per heavy atom. The van der Waals surface area contributed by atoms with E-state index in [-0.39, 0.29) is 31.3 Å². The normalized spacial score (nSPS) is 14.0. The maximum Gasteiger partial charge on any atom is 0.306 e. The number of methoxy groups -OCH3 is 1. The molecule has 0 aliphatic carbocycles. The summed E-state index contributed by atoms with van der Waals surface area (Å²) in [5.74, 6) is -0.676. The first-order valence-electron chi connectivity index (χ1n) is 8.94. The Hall–Kier alpha value is -2.41. The third kappa shape index (κ3) is 6.48. The van der Waals surface area contributed by atoms with Crippen molar-refractivity contribution in [2.75, 3.05) is 38.7 Å². The molecule has 26 heavy (non-hydrogen) atoms. The minimum Gasteiger partial charge on any atom is -0.463 e. The van der Waals surface area contributed by atoms with Gasteiger partial charge >= 0.3 is 5.97 Å². The highest BCUT2D eigenvalue weighted by atomic mass is 16.6. The van der Waals surface area contributed by atoms with E-state index in [4.69, 9.17) is 9.47 Å². The molecule has 1 aromatic carbocycles. The molecule has 0 spiro atoms. The molecule has 1 N–H and O–H groups in total. The lowest BCUT2D eigenvalue weighted by molar-refractivity contribution is -0.145. The molecular formula is C19H26N2O5. The van der Waals surface area contributed by atoms with Gasteiger partial charge in [0.15, 0.2) is 0 Å². The number of likely N-dealkylation sites (tertiary alicyclic amines) is 1. The highest BCUT2D eigenvalue weighted by Crippen LogP contribution is 2.15. The maximum absolute atomic E-state index is 12.4. The third-order valence-corrected chi connectivity index (χ3v) is 4.17. The summed E-state index contributed by atoms with van der Waals surface area (Å²) in [6.45, 7) is 2.12. The van der Waals surface area contributed by atoms with E-state index in [0.29, 0.717) is 17.9 Å². The number of ether oxygens (including phenoxy) is 2. The fraction of sp³-hybridized carbons (Fsp3) is 0.526. The molecule has 1 aromatic rings. The molecule has 2 amide bonds. The number of benzene rings is 1. The Kier molecular flexibility index (Phi) is 8.08. The van der Waals surface area contributed by atoms with Gasteiger partial charge in [-0.15, -0.1) is 0 Å². The summed E-state index contributed by atoms with van der Waals surface area (Å²) in [7, 11) is 1.52. The molecular weight excluding hydrogens is 336 g/mol. The van der Waals surface area contributed by atoms with Gasteiger partial charge in [-0.25, -0.2) is 0 Å². The van der Waals surface area contributed by atoms with E-state index in [1.54, 1.807) is 24.3 Å². The molecule has 142 valence electrons. The number of anilines is 1. The third-order valence-electron chi connectivity index (χ3n) is 4.17. The SMILES string of the molecule is COCCOC(=O)CCC(=O)Nc1ccc(C(=O)N2CCCCC2)cc1. The maximum atomic E-state index is 12.4. The predicted molar refractivity (Wildman–Crippen MR) is 96.9 cm³/mol. The van der Waals surface area contributed by atoms with Crippen molar-refractivity contribution in [1.82, 2.24) is 4.90 Å². The fourth-order valence-electron chi connectivity index (χ4n) is 2.73. The zero-order valence-electron chi connectivity index (χ0n) is 15.2. The van der Waals surface area contributed by atoms with Crippen LogP contribution in [0.15, 0.2) is 24.3 Å². The largest absolute Gasteiger partial charge is 0.463 e. The molecule has 7 heteroatoms. The van der Waals surface area contributed by atoms with E-state index in [9.17, 15) is 14.4 Å². The monoisotopic (exact) mass is 362 g/mol. The molecule has 0 aromatic heterocycles. The van der Waals surface area contributed by atoms with Gasteiger partial charge in [-0.2, -0.15) is 0 Å². The average Bonchev–Trinajstić information content (AvgIpc) is 2.67. The van der Waals surface area contributed by atoms with E-state index in [1.807, 2.05) is 4.90 Å². The van der Waals surface area contributed by atoms with Crippen LogP contribution in [0.4, 0.5) is 5.69 Å². The van der Waals surface area contributed by atoms with Crippen LogP contribution < -0.4 is 5.32 Å². The van der Waals surface area contributed by atoms with Crippen LogP contribution in [0, 0.1) is 0 Å². The van der Waals surface area contributed by atoms with Crippen LogP contribution >= 0.6 is 0 Å². The Bertz CT molecular complexity index is 609. The molecule has 1 aliphatic rings. The standard InChI is InChI=1S/C19H26N2O5/c1-25-13-14-26-18(23)10-9-17(22)20-16-7-5-15(6-8-16)19(24)21-11-3-2-4-12-21/h5-8H,2-4,9-14H2,1H3,(H,20,22). The molecule has 7 nitrogen and oxygen atoms in total. The fourth-order valence-corrected chi connectivity index (χ4v) is 2.73. The van der Waals surface area contributed by atoms with Gasteiger partial charge in [0.1, 0.15) is 6.61 Å². The van der Waals surface area contributed by atoms with Crippen molar-refractivity contribution in [1.29, 1.82) is 0 Å². The number of piperidine rings is 1. The molecule has 1 heterocycles. The Labute approximate surface area is 153 Å². The van der Waals surface area contributed by atoms with E-state index in [2.05, 4.69) is 5.32 Å². The molecule has 2 rings (SSSR count). The van der Waals surface area contributed by atoms with Gasteiger partial charge in [-0.1, -0.05) is 0 Å². The number of nitrogens with one attached hydrogen (secondary N) is 1. The second-order valence-electron chi connectivity index (χ2n) is 6.19. The van der Waals surface area contributed by atoms with Crippen molar-refractivity contribution in [2.45, 2.75) is 32.1 Å². The van der Waals surface area contributed by atoms with Crippen molar-refractivity contribution in [3.8, 4) is 0 Å². The molecule has 0 atom stereocenters. The summed E-state index contributed by atoms with van der Waals surface area (Å²) in [5.41, 5.74) is 1.21. The van der Waals surface area contributed by atoms with Crippen molar-refractivity contribution in [2.24, 2.45) is 0 Å². The lowest BCUT2D eigenvalue weighted by Crippen LogP contribution is -2.35. The van der Waals surface area contributed by atoms with Crippen molar-refractivity contribution >= 4 is 23.5 Å². The molecule has 1 fully saturated rings. The van der Waals surface area contributed by atoms with E-state index < -0.39 is 5.97 Å². The Morgan fingerprint density at radius 3 is 2.35 bits per heavy atom. The number of hydrogen-bond donors (Lipinski definition) is 1. The lowest BCUT2D eigenvalue weighted by Gasteiger charge is -2.26. The van der Waals surface area contributed by atoms with E-state index >= 15 is 0 Å². The minimum absolute atomic E-state index is 0.0150. The number of amides is 2. The molecule has 0 bridgehead atoms. The smallest absolute Gasteiger partial charge is 0.306 e. The molecule has 1 saturated heterocycles. The number of carbonyl (C=O) groups is 3. The Balaban J connectivity index is 1.76. The number of nitrogens with zero attached hydrogens (tertiary/aromatic N) is 1. The first-order chi connectivity index (χ1) is 12.6. The summed E-state index contributed by atoms with van der Waals surface area (Å²) in [6, 6.07) is 6.83. The van der Waals surface area contributed by atoms with Crippen LogP contribution in [-0.2, 0) is 19.1 Å². The van der Waals surface area contributed by atoms with Gasteiger partial charge in [0.25, 0.3) is 5.91 Å². The van der Waals surface area contributed by atoms with E-state index in [0.717, 1.165) is 25.9 Å². The first kappa shape index (κ1) is 19.9. The molecule has 0 saturated carbocycles. The van der Waals surface area contributed by atoms with Crippen molar-refractivity contribution < 1.29 is 23.9 Å². The minimum atomic E-state index is -0.431. The second kappa shape index (κ2) is 10.6. The predicted octanol–water partition coefficient (Wildman–Crippen LogP) is 2.22. The van der Waals surface area contributed by atoms with Crippen LogP contribution in [0.3, 0.4) is 0 Å². The summed E-state index contributed by atoms with van der Waals surface area (Å²) in [5, 5.41) is 2.71. The number of hydrogen-bond acceptors (Lipinski definition) is 5. The quantitative estimate of drug-likeness (QED) is 0.566. The van der Waals surface area contributed by atoms with Gasteiger partial charge in [0.05, 0.1) is 13.0 Å².